The standard InChI is InChI=1S/C24H32N2O4S/c1-5-30-21-8-10-22(11-9-21)31(28,29)26-14-12-20(13-15-26)24(27)25-19(4)23-16-17(2)6-7-18(23)3/h6-11,16,19-20H,5,12-15H2,1-4H3,(H,25,27). The van der Waals surface area contributed by atoms with Gasteiger partial charge in [-0.05, 0) is 75.9 Å². The Labute approximate surface area is 185 Å². The number of rotatable bonds is 7. The van der Waals surface area contributed by atoms with E-state index in [0.29, 0.717) is 38.3 Å². The molecular weight excluding hydrogens is 412 g/mol. The van der Waals surface area contributed by atoms with Gasteiger partial charge in [0.25, 0.3) is 0 Å². The average Bonchev–Trinajstić information content (AvgIpc) is 2.76. The Kier molecular flexibility index (Phi) is 7.38. The highest BCUT2D eigenvalue weighted by Crippen LogP contribution is 2.26. The Morgan fingerprint density at radius 1 is 1.13 bits per heavy atom. The molecule has 2 aromatic rings. The minimum Gasteiger partial charge on any atom is -0.494 e. The van der Waals surface area contributed by atoms with Crippen LogP contribution in [-0.2, 0) is 14.8 Å². The van der Waals surface area contributed by atoms with E-state index in [0.717, 1.165) is 16.7 Å². The molecule has 1 atom stereocenters. The monoisotopic (exact) mass is 444 g/mol. The second-order valence-electron chi connectivity index (χ2n) is 8.17. The number of carbonyl (C=O) groups excluding carboxylic acids is 1. The van der Waals surface area contributed by atoms with Crippen LogP contribution in [0.2, 0.25) is 0 Å². The lowest BCUT2D eigenvalue weighted by Crippen LogP contribution is -2.43. The first-order valence-corrected chi connectivity index (χ1v) is 12.3. The smallest absolute Gasteiger partial charge is 0.243 e. The number of piperidine rings is 1. The van der Waals surface area contributed by atoms with Crippen LogP contribution in [0.4, 0.5) is 0 Å². The normalized spacial score (nSPS) is 16.6. The SMILES string of the molecule is CCOc1ccc(S(=O)(=O)N2CCC(C(=O)NC(C)c3cc(C)ccc3C)CC2)cc1. The van der Waals surface area contributed by atoms with Crippen molar-refractivity contribution in [3.63, 3.8) is 0 Å². The molecule has 168 valence electrons. The summed E-state index contributed by atoms with van der Waals surface area (Å²) in [7, 11) is -3.57. The molecule has 1 unspecified atom stereocenters. The predicted molar refractivity (Wildman–Crippen MR) is 122 cm³/mol. The van der Waals surface area contributed by atoms with Crippen LogP contribution in [0.25, 0.3) is 0 Å². The molecule has 3 rings (SSSR count). The molecule has 1 amide bonds. The van der Waals surface area contributed by atoms with Crippen LogP contribution in [0, 0.1) is 19.8 Å². The molecule has 7 heteroatoms. The van der Waals surface area contributed by atoms with Gasteiger partial charge in [0.1, 0.15) is 5.75 Å². The van der Waals surface area contributed by atoms with Gasteiger partial charge < -0.3 is 10.1 Å². The van der Waals surface area contributed by atoms with E-state index in [1.165, 1.54) is 4.31 Å². The second-order valence-corrected chi connectivity index (χ2v) is 10.1. The van der Waals surface area contributed by atoms with Crippen LogP contribution in [0.3, 0.4) is 0 Å². The number of sulfonamides is 1. The Morgan fingerprint density at radius 2 is 1.77 bits per heavy atom. The third kappa shape index (κ3) is 5.46. The van der Waals surface area contributed by atoms with Crippen molar-refractivity contribution in [3.8, 4) is 5.75 Å². The maximum absolute atomic E-state index is 12.9. The number of hydrogen-bond donors (Lipinski definition) is 1. The van der Waals surface area contributed by atoms with Gasteiger partial charge in [0.2, 0.25) is 15.9 Å². The molecule has 0 spiro atoms. The highest BCUT2D eigenvalue weighted by molar-refractivity contribution is 7.89. The van der Waals surface area contributed by atoms with E-state index in [4.69, 9.17) is 4.74 Å². The molecule has 0 radical (unpaired) electrons. The number of nitrogens with one attached hydrogen (secondary N) is 1. The van der Waals surface area contributed by atoms with Crippen molar-refractivity contribution in [1.29, 1.82) is 0 Å². The van der Waals surface area contributed by atoms with Gasteiger partial charge in [-0.15, -0.1) is 0 Å². The molecule has 6 nitrogen and oxygen atoms in total. The minimum atomic E-state index is -3.57. The number of amides is 1. The summed E-state index contributed by atoms with van der Waals surface area (Å²) in [6.07, 6.45) is 1.03. The van der Waals surface area contributed by atoms with Gasteiger partial charge in [0.05, 0.1) is 17.5 Å². The van der Waals surface area contributed by atoms with Gasteiger partial charge in [-0.2, -0.15) is 4.31 Å². The zero-order valence-electron chi connectivity index (χ0n) is 18.7. The molecule has 0 aromatic heterocycles. The fourth-order valence-electron chi connectivity index (χ4n) is 4.02. The molecule has 1 fully saturated rings. The Morgan fingerprint density at radius 3 is 2.39 bits per heavy atom. The van der Waals surface area contributed by atoms with Crippen molar-refractivity contribution in [2.45, 2.75) is 51.5 Å². The molecule has 0 saturated carbocycles. The number of ether oxygens (including phenoxy) is 1. The molecule has 2 aromatic carbocycles. The summed E-state index contributed by atoms with van der Waals surface area (Å²) in [6.45, 7) is 9.17. The quantitative estimate of drug-likeness (QED) is 0.701. The minimum absolute atomic E-state index is 0.00785. The Hall–Kier alpha value is -2.38. The molecule has 1 N–H and O–H groups in total. The Balaban J connectivity index is 1.59. The maximum Gasteiger partial charge on any atom is 0.243 e. The number of hydrogen-bond acceptors (Lipinski definition) is 4. The van der Waals surface area contributed by atoms with Crippen LogP contribution in [0.5, 0.6) is 5.75 Å². The third-order valence-electron chi connectivity index (χ3n) is 5.86. The van der Waals surface area contributed by atoms with Crippen LogP contribution < -0.4 is 10.1 Å². The highest BCUT2D eigenvalue weighted by Gasteiger charge is 2.32. The number of carbonyl (C=O) groups is 1. The molecule has 0 bridgehead atoms. The van der Waals surface area contributed by atoms with E-state index in [1.54, 1.807) is 24.3 Å². The second kappa shape index (κ2) is 9.83. The third-order valence-corrected chi connectivity index (χ3v) is 7.77. The van der Waals surface area contributed by atoms with Crippen LogP contribution >= 0.6 is 0 Å². The topological polar surface area (TPSA) is 75.7 Å². The van der Waals surface area contributed by atoms with E-state index in [-0.39, 0.29) is 22.8 Å². The van der Waals surface area contributed by atoms with Gasteiger partial charge in [0, 0.05) is 19.0 Å². The zero-order valence-corrected chi connectivity index (χ0v) is 19.5. The van der Waals surface area contributed by atoms with Crippen molar-refractivity contribution in [2.75, 3.05) is 19.7 Å². The fourth-order valence-corrected chi connectivity index (χ4v) is 5.49. The molecule has 31 heavy (non-hydrogen) atoms. The van der Waals surface area contributed by atoms with Gasteiger partial charge in [0.15, 0.2) is 0 Å². The lowest BCUT2D eigenvalue weighted by Gasteiger charge is -2.31. The number of aryl methyl sites for hydroxylation is 2. The van der Waals surface area contributed by atoms with Gasteiger partial charge in [-0.3, -0.25) is 4.79 Å². The largest absolute Gasteiger partial charge is 0.494 e. The van der Waals surface area contributed by atoms with Crippen LogP contribution in [0.15, 0.2) is 47.4 Å². The van der Waals surface area contributed by atoms with E-state index in [9.17, 15) is 13.2 Å². The molecule has 0 aliphatic carbocycles. The van der Waals surface area contributed by atoms with Crippen molar-refractivity contribution < 1.29 is 17.9 Å². The first-order chi connectivity index (χ1) is 14.7. The summed E-state index contributed by atoms with van der Waals surface area (Å²) in [5, 5.41) is 3.12. The van der Waals surface area contributed by atoms with Gasteiger partial charge >= 0.3 is 0 Å². The molecular formula is C24H32N2O4S. The highest BCUT2D eigenvalue weighted by atomic mass is 32.2. The summed E-state index contributed by atoms with van der Waals surface area (Å²) in [4.78, 5) is 13.1. The summed E-state index contributed by atoms with van der Waals surface area (Å²) >= 11 is 0. The first kappa shape index (κ1) is 23.3. The van der Waals surface area contributed by atoms with Gasteiger partial charge in [-0.1, -0.05) is 23.8 Å². The molecule has 1 aliphatic heterocycles. The first-order valence-electron chi connectivity index (χ1n) is 10.8. The van der Waals surface area contributed by atoms with Crippen molar-refractivity contribution in [3.05, 3.63) is 59.2 Å². The number of benzene rings is 2. The molecule has 1 heterocycles. The van der Waals surface area contributed by atoms with Crippen LogP contribution in [0.1, 0.15) is 49.4 Å². The lowest BCUT2D eigenvalue weighted by atomic mass is 9.95. The van der Waals surface area contributed by atoms with Crippen molar-refractivity contribution >= 4 is 15.9 Å². The van der Waals surface area contributed by atoms with Crippen molar-refractivity contribution in [1.82, 2.24) is 9.62 Å². The number of nitrogens with zero attached hydrogens (tertiary/aromatic N) is 1. The summed E-state index contributed by atoms with van der Waals surface area (Å²) in [6, 6.07) is 12.6. The summed E-state index contributed by atoms with van der Waals surface area (Å²) in [5.41, 5.74) is 3.42. The van der Waals surface area contributed by atoms with E-state index in [1.807, 2.05) is 27.7 Å². The van der Waals surface area contributed by atoms with E-state index >= 15 is 0 Å². The lowest BCUT2D eigenvalue weighted by molar-refractivity contribution is -0.126. The van der Waals surface area contributed by atoms with Gasteiger partial charge in [-0.25, -0.2) is 8.42 Å². The zero-order chi connectivity index (χ0) is 22.6. The average molecular weight is 445 g/mol. The summed E-state index contributed by atoms with van der Waals surface area (Å²) < 4.78 is 32.8. The van der Waals surface area contributed by atoms with E-state index < -0.39 is 10.0 Å². The fraction of sp³-hybridized carbons (Fsp3) is 0.458. The van der Waals surface area contributed by atoms with Crippen molar-refractivity contribution in [2.24, 2.45) is 5.92 Å². The molecule has 1 saturated heterocycles. The molecule has 1 aliphatic rings. The predicted octanol–water partition coefficient (Wildman–Crippen LogP) is 3.98. The Bertz CT molecular complexity index is 1010. The summed E-state index contributed by atoms with van der Waals surface area (Å²) in [5.74, 6) is 0.459. The van der Waals surface area contributed by atoms with Crippen LogP contribution in [-0.4, -0.2) is 38.3 Å². The van der Waals surface area contributed by atoms with E-state index in [2.05, 4.69) is 23.5 Å². The maximum atomic E-state index is 12.9.